The Kier molecular flexibility index (Phi) is 1.04. The average Bonchev–Trinajstić information content (AvgIpc) is 2.53. The lowest BCUT2D eigenvalue weighted by molar-refractivity contribution is 0.116. The van der Waals surface area contributed by atoms with Crippen LogP contribution in [0.1, 0.15) is 12.8 Å². The van der Waals surface area contributed by atoms with Gasteiger partial charge >= 0.3 is 6.16 Å². The molecule has 0 N–H and O–H groups in total. The number of thioether (sulfide) groups is 1. The van der Waals surface area contributed by atoms with Gasteiger partial charge in [0.05, 0.1) is 0 Å². The van der Waals surface area contributed by atoms with Gasteiger partial charge in [-0.2, -0.15) is 0 Å². The lowest BCUT2D eigenvalue weighted by atomic mass is 9.95. The van der Waals surface area contributed by atoms with Crippen molar-refractivity contribution in [3.63, 3.8) is 0 Å². The Labute approximate surface area is 68.4 Å². The first kappa shape index (κ1) is 6.17. The fraction of sp³-hybridized carbons (Fsp3) is 0.857. The second-order valence-electron chi connectivity index (χ2n) is 3.21. The van der Waals surface area contributed by atoms with Crippen LogP contribution in [0, 0.1) is 0 Å². The number of ether oxygens (including phenoxy) is 2. The summed E-state index contributed by atoms with van der Waals surface area (Å²) in [6, 6.07) is 0. The molecule has 0 aromatic carbocycles. The highest BCUT2D eigenvalue weighted by atomic mass is 32.2. The summed E-state index contributed by atoms with van der Waals surface area (Å²) in [6.45, 7) is 0. The molecule has 2 bridgehead atoms. The minimum Gasteiger partial charge on any atom is -0.426 e. The topological polar surface area (TPSA) is 35.5 Å². The van der Waals surface area contributed by atoms with Crippen molar-refractivity contribution in [3.05, 3.63) is 0 Å². The second-order valence-corrected chi connectivity index (χ2v) is 4.69. The molecule has 3 rings (SSSR count). The molecule has 11 heavy (non-hydrogen) atoms. The molecule has 4 atom stereocenters. The number of rotatable bonds is 0. The lowest BCUT2D eigenvalue weighted by Gasteiger charge is -2.17. The van der Waals surface area contributed by atoms with Crippen molar-refractivity contribution in [1.29, 1.82) is 0 Å². The molecular weight excluding hydrogens is 164 g/mol. The number of hydrogen-bond donors (Lipinski definition) is 0. The molecule has 60 valence electrons. The quantitative estimate of drug-likeness (QED) is 0.514. The highest BCUT2D eigenvalue weighted by Gasteiger charge is 2.56. The first-order chi connectivity index (χ1) is 5.34. The van der Waals surface area contributed by atoms with E-state index in [9.17, 15) is 4.79 Å². The number of carbonyl (C=O) groups excluding carboxylic acids is 1. The Balaban J connectivity index is 1.92. The van der Waals surface area contributed by atoms with Gasteiger partial charge in [-0.15, -0.1) is 11.8 Å². The van der Waals surface area contributed by atoms with Crippen LogP contribution in [0.3, 0.4) is 0 Å². The van der Waals surface area contributed by atoms with E-state index in [1.807, 2.05) is 11.8 Å². The molecule has 0 aliphatic carbocycles. The molecule has 3 saturated heterocycles. The standard InChI is InChI=1S/C7H8O3S/c8-7-9-5-3-1-2-4(11-3)6(5)10-7/h3-6H,1-2H2. The zero-order valence-corrected chi connectivity index (χ0v) is 6.67. The zero-order chi connectivity index (χ0) is 7.42. The van der Waals surface area contributed by atoms with Crippen LogP contribution >= 0.6 is 11.8 Å². The van der Waals surface area contributed by atoms with Crippen LogP contribution in [-0.2, 0) is 9.47 Å². The third kappa shape index (κ3) is 0.682. The molecular formula is C7H8O3S. The van der Waals surface area contributed by atoms with Gasteiger partial charge in [-0.1, -0.05) is 0 Å². The minimum atomic E-state index is -0.461. The maximum atomic E-state index is 10.7. The van der Waals surface area contributed by atoms with E-state index in [1.165, 1.54) is 12.8 Å². The predicted octanol–water partition coefficient (Wildman–Crippen LogP) is 1.17. The normalized spacial score (nSPS) is 52.2. The van der Waals surface area contributed by atoms with Crippen LogP contribution in [0.4, 0.5) is 4.79 Å². The van der Waals surface area contributed by atoms with Crippen LogP contribution in [0.15, 0.2) is 0 Å². The summed E-state index contributed by atoms with van der Waals surface area (Å²) in [5, 5.41) is 1.05. The van der Waals surface area contributed by atoms with Gasteiger partial charge in [-0.3, -0.25) is 0 Å². The van der Waals surface area contributed by atoms with Crippen molar-refractivity contribution in [3.8, 4) is 0 Å². The van der Waals surface area contributed by atoms with E-state index in [2.05, 4.69) is 0 Å². The van der Waals surface area contributed by atoms with Gasteiger partial charge in [0.25, 0.3) is 0 Å². The highest BCUT2D eigenvalue weighted by Crippen LogP contribution is 2.50. The van der Waals surface area contributed by atoms with Crippen LogP contribution in [0.25, 0.3) is 0 Å². The summed E-state index contributed by atoms with van der Waals surface area (Å²) in [5.74, 6) is 0. The van der Waals surface area contributed by atoms with Gasteiger partial charge in [-0.05, 0) is 12.8 Å². The van der Waals surface area contributed by atoms with E-state index in [1.54, 1.807) is 0 Å². The SMILES string of the molecule is O=C1OC2C3CCC(S3)C2O1. The maximum absolute atomic E-state index is 10.7. The number of fused-ring (bicyclic) bond motifs is 5. The van der Waals surface area contributed by atoms with Gasteiger partial charge in [0.2, 0.25) is 0 Å². The van der Waals surface area contributed by atoms with Crippen molar-refractivity contribution >= 4 is 17.9 Å². The molecule has 0 saturated carbocycles. The summed E-state index contributed by atoms with van der Waals surface area (Å²) < 4.78 is 10.1. The van der Waals surface area contributed by atoms with Gasteiger partial charge in [0.15, 0.2) is 12.2 Å². The molecule has 0 spiro atoms. The molecule has 4 unspecified atom stereocenters. The molecule has 0 aromatic rings. The lowest BCUT2D eigenvalue weighted by Crippen LogP contribution is -2.33. The second kappa shape index (κ2) is 1.86. The molecule has 4 heteroatoms. The maximum Gasteiger partial charge on any atom is 0.509 e. The largest absolute Gasteiger partial charge is 0.509 e. The molecule has 3 fully saturated rings. The fourth-order valence-corrected chi connectivity index (χ4v) is 3.86. The Morgan fingerprint density at radius 2 is 1.73 bits per heavy atom. The summed E-state index contributed by atoms with van der Waals surface area (Å²) in [5.41, 5.74) is 0. The Hall–Kier alpha value is -0.380. The van der Waals surface area contributed by atoms with Gasteiger partial charge < -0.3 is 9.47 Å². The number of carbonyl (C=O) groups is 1. The summed E-state index contributed by atoms with van der Waals surface area (Å²) in [4.78, 5) is 10.7. The molecule has 3 nitrogen and oxygen atoms in total. The van der Waals surface area contributed by atoms with Gasteiger partial charge in [0.1, 0.15) is 0 Å². The summed E-state index contributed by atoms with van der Waals surface area (Å²) in [7, 11) is 0. The average molecular weight is 172 g/mol. The first-order valence-corrected chi connectivity index (χ1v) is 4.81. The van der Waals surface area contributed by atoms with E-state index in [0.717, 1.165) is 0 Å². The zero-order valence-electron chi connectivity index (χ0n) is 5.86. The summed E-state index contributed by atoms with van der Waals surface area (Å²) >= 11 is 1.92. The Morgan fingerprint density at radius 3 is 2.27 bits per heavy atom. The van der Waals surface area contributed by atoms with E-state index in [0.29, 0.717) is 10.5 Å². The van der Waals surface area contributed by atoms with Crippen LogP contribution in [-0.4, -0.2) is 28.9 Å². The van der Waals surface area contributed by atoms with E-state index in [-0.39, 0.29) is 12.2 Å². The third-order valence-corrected chi connectivity index (χ3v) is 4.31. The molecule has 3 aliphatic heterocycles. The summed E-state index contributed by atoms with van der Waals surface area (Å²) in [6.07, 6.45) is 2.06. The van der Waals surface area contributed by atoms with Gasteiger partial charge in [-0.25, -0.2) is 4.79 Å². The Bertz CT molecular complexity index is 198. The van der Waals surface area contributed by atoms with Crippen molar-refractivity contribution in [1.82, 2.24) is 0 Å². The van der Waals surface area contributed by atoms with Crippen molar-refractivity contribution in [2.45, 2.75) is 35.5 Å². The monoisotopic (exact) mass is 172 g/mol. The highest BCUT2D eigenvalue weighted by molar-refractivity contribution is 8.01. The Morgan fingerprint density at radius 1 is 1.18 bits per heavy atom. The van der Waals surface area contributed by atoms with Crippen LogP contribution in [0.2, 0.25) is 0 Å². The van der Waals surface area contributed by atoms with Crippen molar-refractivity contribution in [2.75, 3.05) is 0 Å². The molecule has 0 aromatic heterocycles. The smallest absolute Gasteiger partial charge is 0.426 e. The molecule has 0 radical (unpaired) electrons. The van der Waals surface area contributed by atoms with Crippen molar-refractivity contribution in [2.24, 2.45) is 0 Å². The van der Waals surface area contributed by atoms with Crippen LogP contribution < -0.4 is 0 Å². The predicted molar refractivity (Wildman–Crippen MR) is 39.5 cm³/mol. The van der Waals surface area contributed by atoms with E-state index < -0.39 is 6.16 Å². The first-order valence-electron chi connectivity index (χ1n) is 3.87. The third-order valence-electron chi connectivity index (χ3n) is 2.61. The molecule has 3 heterocycles. The number of hydrogen-bond acceptors (Lipinski definition) is 4. The fourth-order valence-electron chi connectivity index (χ4n) is 2.13. The molecule has 3 aliphatic rings. The van der Waals surface area contributed by atoms with Crippen molar-refractivity contribution < 1.29 is 14.3 Å². The minimum absolute atomic E-state index is 0.0752. The van der Waals surface area contributed by atoms with E-state index >= 15 is 0 Å². The van der Waals surface area contributed by atoms with E-state index in [4.69, 9.17) is 9.47 Å². The van der Waals surface area contributed by atoms with Crippen LogP contribution in [0.5, 0.6) is 0 Å². The van der Waals surface area contributed by atoms with Gasteiger partial charge in [0, 0.05) is 10.5 Å². The molecule has 0 amide bonds.